The van der Waals surface area contributed by atoms with Crippen LogP contribution in [-0.4, -0.2) is 87.6 Å². The summed E-state index contributed by atoms with van der Waals surface area (Å²) in [6, 6.07) is 8.01. The first-order valence-corrected chi connectivity index (χ1v) is 13.4. The van der Waals surface area contributed by atoms with Gasteiger partial charge in [0.2, 0.25) is 11.8 Å². The molecule has 2 bridgehead atoms. The Morgan fingerprint density at radius 1 is 1.12 bits per heavy atom. The first-order chi connectivity index (χ1) is 19.4. The molecule has 0 aliphatic carbocycles. The highest BCUT2D eigenvalue weighted by molar-refractivity contribution is 6.67. The van der Waals surface area contributed by atoms with Crippen molar-refractivity contribution in [1.82, 2.24) is 25.5 Å². The summed E-state index contributed by atoms with van der Waals surface area (Å²) in [6.45, 7) is 0.735. The van der Waals surface area contributed by atoms with Crippen LogP contribution in [0.4, 0.5) is 0 Å². The summed E-state index contributed by atoms with van der Waals surface area (Å²) in [5, 5.41) is 5.55. The van der Waals surface area contributed by atoms with E-state index in [4.69, 9.17) is 9.31 Å². The molecule has 1 aromatic heterocycles. The molecule has 2 saturated heterocycles. The highest BCUT2D eigenvalue weighted by atomic mass is 16.8. The minimum atomic E-state index is -3.03. The van der Waals surface area contributed by atoms with E-state index >= 15 is 0 Å². The average Bonchev–Trinajstić information content (AvgIpc) is 3.13. The van der Waals surface area contributed by atoms with Gasteiger partial charge in [0.05, 0.1) is 12.6 Å². The molecule has 2 fully saturated rings. The molecule has 0 spiro atoms. The molecular weight excluding hydrogens is 533 g/mol. The molecule has 2 aliphatic rings. The number of nitrogens with zero attached hydrogens (tertiary/aromatic N) is 3. The summed E-state index contributed by atoms with van der Waals surface area (Å²) in [5.41, 5.74) is -1.03. The third-order valence-corrected chi connectivity index (χ3v) is 7.00. The van der Waals surface area contributed by atoms with Crippen LogP contribution in [0.2, 0.25) is 0 Å². The summed E-state index contributed by atoms with van der Waals surface area (Å²) in [6.07, 6.45) is 3.58. The molecule has 41 heavy (non-hydrogen) atoms. The quantitative estimate of drug-likeness (QED) is 0.282. The molecule has 4 rings (SSSR count). The van der Waals surface area contributed by atoms with E-state index in [1.54, 1.807) is 0 Å². The topological polar surface area (TPSA) is 170 Å². The molecule has 3 N–H and O–H groups in total. The number of amides is 3. The van der Waals surface area contributed by atoms with E-state index in [9.17, 15) is 24.0 Å². The number of hydrogen-bond donors (Lipinski definition) is 2. The average molecular weight is 567 g/mol. The fourth-order valence-electron chi connectivity index (χ4n) is 4.98. The van der Waals surface area contributed by atoms with Gasteiger partial charge in [0.15, 0.2) is 5.60 Å². The number of carboxylic acids is 1. The van der Waals surface area contributed by atoms with Crippen molar-refractivity contribution < 1.29 is 37.9 Å². The zero-order chi connectivity index (χ0) is 29.8. The predicted molar refractivity (Wildman–Crippen MR) is 146 cm³/mol. The smallest absolute Gasteiger partial charge is 0.594 e. The largest absolute Gasteiger partial charge is 0.717 e. The molecule has 14 heteroatoms. The first-order valence-electron chi connectivity index (χ1n) is 13.4. The Balaban J connectivity index is 1.62. The van der Waals surface area contributed by atoms with Crippen molar-refractivity contribution in [3.63, 3.8) is 0 Å². The lowest BCUT2D eigenvalue weighted by Gasteiger charge is -2.44. The zero-order valence-corrected chi connectivity index (χ0v) is 23.4. The number of hydrogen-bond acceptors (Lipinski definition) is 9. The van der Waals surface area contributed by atoms with Crippen LogP contribution < -0.4 is 10.6 Å². The summed E-state index contributed by atoms with van der Waals surface area (Å²) >= 11 is 0. The molecule has 3 amide bonds. The van der Waals surface area contributed by atoms with Crippen LogP contribution in [0.15, 0.2) is 48.9 Å². The molecule has 3 heterocycles. The highest BCUT2D eigenvalue weighted by Crippen LogP contribution is 2.42. The lowest BCUT2D eigenvalue weighted by Crippen LogP contribution is -2.68. The third kappa shape index (κ3) is 6.71. The summed E-state index contributed by atoms with van der Waals surface area (Å²) < 4.78 is 15.9. The SMILES string of the molecule is CC(C)C[C@H](NC(=O)[C@H](Cc1ccccc1)NC(=O)c1cnccn1)[B-]12OC(=O)[C@@](CC(=O)N(C)C)(CC(=O)[OH+]1)O2. The summed E-state index contributed by atoms with van der Waals surface area (Å²) in [7, 11) is 3.05. The number of fused-ring (bicyclic) bond motifs is 2. The predicted octanol–water partition coefficient (Wildman–Crippen LogP) is 0.0755. The Morgan fingerprint density at radius 3 is 2.49 bits per heavy atom. The zero-order valence-electron chi connectivity index (χ0n) is 23.4. The molecule has 0 radical (unpaired) electrons. The van der Waals surface area contributed by atoms with Crippen molar-refractivity contribution in [1.29, 1.82) is 0 Å². The molecule has 2 aromatic rings. The van der Waals surface area contributed by atoms with Crippen LogP contribution >= 0.6 is 0 Å². The first kappa shape index (κ1) is 29.7. The van der Waals surface area contributed by atoms with Gasteiger partial charge in [0, 0.05) is 43.6 Å². The normalized spacial score (nSPS) is 22.8. The maximum atomic E-state index is 13.8. The lowest BCUT2D eigenvalue weighted by molar-refractivity contribution is -0.170. The maximum Gasteiger partial charge on any atom is 0.594 e. The van der Waals surface area contributed by atoms with Crippen molar-refractivity contribution >= 4 is 36.4 Å². The second-order valence-corrected chi connectivity index (χ2v) is 11.0. The number of rotatable bonds is 11. The summed E-state index contributed by atoms with van der Waals surface area (Å²) in [5.74, 6) is -4.27. The van der Waals surface area contributed by atoms with E-state index in [0.29, 0.717) is 0 Å². The second kappa shape index (κ2) is 12.0. The third-order valence-electron chi connectivity index (χ3n) is 7.00. The van der Waals surface area contributed by atoms with Crippen molar-refractivity contribution in [3.05, 3.63) is 60.2 Å². The van der Waals surface area contributed by atoms with Crippen LogP contribution in [-0.2, 0) is 34.9 Å². The Morgan fingerprint density at radius 2 is 1.85 bits per heavy atom. The van der Waals surface area contributed by atoms with Crippen LogP contribution in [0.3, 0.4) is 0 Å². The minimum absolute atomic E-state index is 0.0242. The van der Waals surface area contributed by atoms with Crippen LogP contribution in [0.1, 0.15) is 49.2 Å². The number of carbonyl (C=O) groups excluding carboxylic acids is 4. The van der Waals surface area contributed by atoms with Gasteiger partial charge in [-0.2, -0.15) is 0 Å². The van der Waals surface area contributed by atoms with E-state index in [1.165, 1.54) is 37.6 Å². The van der Waals surface area contributed by atoms with Crippen molar-refractivity contribution in [3.8, 4) is 0 Å². The monoisotopic (exact) mass is 567 g/mol. The van der Waals surface area contributed by atoms with Crippen molar-refractivity contribution in [2.45, 2.75) is 57.1 Å². The van der Waals surface area contributed by atoms with E-state index in [-0.39, 0.29) is 24.5 Å². The Bertz CT molecular complexity index is 1310. The van der Waals surface area contributed by atoms with Crippen LogP contribution in [0, 0.1) is 5.92 Å². The molecule has 218 valence electrons. The van der Waals surface area contributed by atoms with Gasteiger partial charge in [0.25, 0.3) is 11.9 Å². The van der Waals surface area contributed by atoms with Crippen molar-refractivity contribution in [2.24, 2.45) is 5.92 Å². The number of aliphatic carboxylic acids is 1. The Labute approximate surface area is 237 Å². The maximum absolute atomic E-state index is 13.8. The molecule has 2 aliphatic heterocycles. The van der Waals surface area contributed by atoms with Crippen LogP contribution in [0.25, 0.3) is 0 Å². The second-order valence-electron chi connectivity index (χ2n) is 11.0. The van der Waals surface area contributed by atoms with Crippen molar-refractivity contribution in [2.75, 3.05) is 14.1 Å². The van der Waals surface area contributed by atoms with E-state index in [2.05, 4.69) is 25.3 Å². The van der Waals surface area contributed by atoms with Crippen LogP contribution in [0.5, 0.6) is 0 Å². The molecule has 4 atom stereocenters. The molecule has 1 unspecified atom stereocenters. The summed E-state index contributed by atoms with van der Waals surface area (Å²) in [4.78, 5) is 74.4. The fraction of sp³-hybridized carbons (Fsp3) is 0.444. The van der Waals surface area contributed by atoms with Gasteiger partial charge < -0.3 is 29.5 Å². The van der Waals surface area contributed by atoms with Gasteiger partial charge in [-0.25, -0.2) is 4.98 Å². The van der Waals surface area contributed by atoms with Gasteiger partial charge in [-0.05, 0) is 11.5 Å². The van der Waals surface area contributed by atoms with E-state index < -0.39 is 66.8 Å². The molecular formula is C27H34BN5O8. The number of aromatic nitrogens is 2. The van der Waals surface area contributed by atoms with Gasteiger partial charge in [0.1, 0.15) is 18.2 Å². The van der Waals surface area contributed by atoms with Gasteiger partial charge in [-0.15, -0.1) is 0 Å². The highest BCUT2D eigenvalue weighted by Gasteiger charge is 2.68. The van der Waals surface area contributed by atoms with Gasteiger partial charge in [-0.1, -0.05) is 50.6 Å². The Kier molecular flexibility index (Phi) is 8.71. The number of carbonyl (C=O) groups is 5. The molecule has 0 saturated carbocycles. The van der Waals surface area contributed by atoms with Gasteiger partial charge in [-0.3, -0.25) is 24.2 Å². The molecule has 1 aromatic carbocycles. The lowest BCUT2D eigenvalue weighted by atomic mass is 9.64. The standard InChI is InChI=1S/C27H34BN5O8/c1-17(2)12-21(28-39-23(35)15-27(41-28,26(38)40-28)14-22(34)33(3)4)32-24(36)19(13-18-8-6-5-7-9-18)31-25(37)20-16-29-10-11-30-20/h5-11,16-17,19,21,39H,12-15H2,1-4H3,(H,31,37)(H,32,36)/t19-,21-,27+,28?/m0/s1. The minimum Gasteiger partial charge on any atom is -0.717 e. The molecule has 13 nitrogen and oxygen atoms in total. The fourth-order valence-corrected chi connectivity index (χ4v) is 4.98. The van der Waals surface area contributed by atoms with Gasteiger partial charge >= 0.3 is 12.7 Å². The number of benzene rings is 1. The number of nitrogens with one attached hydrogen (secondary N) is 2. The van der Waals surface area contributed by atoms with E-state index in [0.717, 1.165) is 5.56 Å². The Hall–Kier alpha value is -4.33. The van der Waals surface area contributed by atoms with E-state index in [1.807, 2.05) is 44.2 Å².